The number of ether oxygens (including phenoxy) is 2. The smallest absolute Gasteiger partial charge is 0.329 e. The molecule has 0 aliphatic rings. The van der Waals surface area contributed by atoms with Crippen molar-refractivity contribution in [2.75, 3.05) is 11.9 Å². The topological polar surface area (TPSA) is 89.0 Å². The molecule has 0 spiro atoms. The Bertz CT molecular complexity index is 1460. The molecule has 37 heavy (non-hydrogen) atoms. The van der Waals surface area contributed by atoms with Gasteiger partial charge in [-0.25, -0.2) is 5.43 Å². The average Bonchev–Trinajstić information content (AvgIpc) is 2.90. The minimum absolute atomic E-state index is 0.389. The molecule has 7 nitrogen and oxygen atoms in total. The second kappa shape index (κ2) is 11.9. The molecule has 2 amide bonds. The molecule has 0 aliphatic heterocycles. The van der Waals surface area contributed by atoms with E-state index in [2.05, 4.69) is 34.0 Å². The summed E-state index contributed by atoms with van der Waals surface area (Å²) in [6.07, 6.45) is 1.44. The predicted molar refractivity (Wildman–Crippen MR) is 146 cm³/mol. The van der Waals surface area contributed by atoms with Crippen LogP contribution >= 0.6 is 0 Å². The first-order valence-corrected chi connectivity index (χ1v) is 12.0. The van der Waals surface area contributed by atoms with Crippen LogP contribution in [-0.4, -0.2) is 24.6 Å². The number of carbonyl (C=O) groups excluding carboxylic acids is 2. The van der Waals surface area contributed by atoms with E-state index in [0.29, 0.717) is 36.0 Å². The highest BCUT2D eigenvalue weighted by molar-refractivity contribution is 6.39. The molecule has 0 aliphatic carbocycles. The van der Waals surface area contributed by atoms with Gasteiger partial charge in [-0.1, -0.05) is 60.2 Å². The van der Waals surface area contributed by atoms with Crippen LogP contribution in [0, 0.1) is 13.8 Å². The Balaban J connectivity index is 1.39. The molecule has 0 saturated heterocycles. The maximum absolute atomic E-state index is 12.2. The number of rotatable bonds is 8. The van der Waals surface area contributed by atoms with Crippen LogP contribution in [0.25, 0.3) is 10.8 Å². The number of nitrogens with zero attached hydrogens (tertiary/aromatic N) is 1. The van der Waals surface area contributed by atoms with Crippen LogP contribution in [0.3, 0.4) is 0 Å². The zero-order chi connectivity index (χ0) is 26.2. The molecule has 188 valence electrons. The first kappa shape index (κ1) is 25.4. The van der Waals surface area contributed by atoms with E-state index >= 15 is 0 Å². The Kier molecular flexibility index (Phi) is 8.15. The Morgan fingerprint density at radius 3 is 2.49 bits per heavy atom. The van der Waals surface area contributed by atoms with Crippen molar-refractivity contribution in [2.45, 2.75) is 27.4 Å². The lowest BCUT2D eigenvalue weighted by Crippen LogP contribution is -2.32. The summed E-state index contributed by atoms with van der Waals surface area (Å²) in [6, 6.07) is 25.2. The van der Waals surface area contributed by atoms with Crippen molar-refractivity contribution < 1.29 is 19.1 Å². The number of hydrazone groups is 1. The summed E-state index contributed by atoms with van der Waals surface area (Å²) in [6.45, 7) is 6.57. The van der Waals surface area contributed by atoms with E-state index in [0.717, 1.165) is 27.5 Å². The van der Waals surface area contributed by atoms with Gasteiger partial charge in [-0.15, -0.1) is 0 Å². The Labute approximate surface area is 216 Å². The molecule has 0 saturated carbocycles. The number of hydrogen-bond donors (Lipinski definition) is 2. The van der Waals surface area contributed by atoms with Crippen LogP contribution in [0.15, 0.2) is 84.0 Å². The third-order valence-electron chi connectivity index (χ3n) is 5.75. The number of fused-ring (bicyclic) bond motifs is 1. The molecule has 4 aromatic carbocycles. The minimum atomic E-state index is -0.865. The van der Waals surface area contributed by atoms with E-state index in [1.807, 2.05) is 57.2 Å². The number of aryl methyl sites for hydroxylation is 2. The molecule has 4 aromatic rings. The van der Waals surface area contributed by atoms with Crippen LogP contribution in [0.5, 0.6) is 11.5 Å². The first-order valence-electron chi connectivity index (χ1n) is 12.0. The van der Waals surface area contributed by atoms with Gasteiger partial charge in [-0.3, -0.25) is 9.59 Å². The summed E-state index contributed by atoms with van der Waals surface area (Å²) in [5, 5.41) is 8.81. The standard InChI is InChI=1S/C30H29N3O4/c1-4-36-28-17-22(18-31-33-30(35)29(34)32-26-14-12-20(2)16-21(26)3)13-15-27(28)37-19-24-10-7-9-23-8-5-6-11-25(23)24/h5-18H,4,19H2,1-3H3,(H,32,34)(H,33,35). The van der Waals surface area contributed by atoms with E-state index in [1.165, 1.54) is 6.21 Å². The number of anilines is 1. The highest BCUT2D eigenvalue weighted by Crippen LogP contribution is 2.30. The lowest BCUT2D eigenvalue weighted by Gasteiger charge is -2.13. The van der Waals surface area contributed by atoms with Gasteiger partial charge in [-0.05, 0) is 72.5 Å². The van der Waals surface area contributed by atoms with E-state index in [1.54, 1.807) is 24.3 Å². The van der Waals surface area contributed by atoms with Crippen molar-refractivity contribution in [1.82, 2.24) is 5.43 Å². The van der Waals surface area contributed by atoms with E-state index in [9.17, 15) is 9.59 Å². The molecule has 0 radical (unpaired) electrons. The van der Waals surface area contributed by atoms with Crippen molar-refractivity contribution in [3.8, 4) is 11.5 Å². The predicted octanol–water partition coefficient (Wildman–Crippen LogP) is 5.52. The SMILES string of the molecule is CCOc1cc(C=NNC(=O)C(=O)Nc2ccc(C)cc2C)ccc1OCc1cccc2ccccc12. The largest absolute Gasteiger partial charge is 0.490 e. The third kappa shape index (κ3) is 6.52. The highest BCUT2D eigenvalue weighted by atomic mass is 16.5. The molecule has 0 aromatic heterocycles. The zero-order valence-electron chi connectivity index (χ0n) is 21.1. The molecule has 0 unspecified atom stereocenters. The maximum Gasteiger partial charge on any atom is 0.329 e. The lowest BCUT2D eigenvalue weighted by molar-refractivity contribution is -0.136. The number of carbonyl (C=O) groups is 2. The summed E-state index contributed by atoms with van der Waals surface area (Å²) in [5.74, 6) is -0.498. The lowest BCUT2D eigenvalue weighted by atomic mass is 10.1. The molecule has 0 heterocycles. The van der Waals surface area contributed by atoms with Crippen molar-refractivity contribution in [3.63, 3.8) is 0 Å². The molecule has 0 bridgehead atoms. The molecule has 2 N–H and O–H groups in total. The van der Waals surface area contributed by atoms with Gasteiger partial charge in [0, 0.05) is 5.69 Å². The van der Waals surface area contributed by atoms with Crippen LogP contribution < -0.4 is 20.2 Å². The Morgan fingerprint density at radius 2 is 1.68 bits per heavy atom. The second-order valence-corrected chi connectivity index (χ2v) is 8.54. The van der Waals surface area contributed by atoms with Crippen molar-refractivity contribution >= 4 is 34.5 Å². The Morgan fingerprint density at radius 1 is 0.865 bits per heavy atom. The minimum Gasteiger partial charge on any atom is -0.490 e. The number of benzene rings is 4. The van der Waals surface area contributed by atoms with Crippen LogP contribution in [0.1, 0.15) is 29.2 Å². The fraction of sp³-hybridized carbons (Fsp3) is 0.167. The monoisotopic (exact) mass is 495 g/mol. The fourth-order valence-corrected chi connectivity index (χ4v) is 3.92. The Hall–Kier alpha value is -4.65. The highest BCUT2D eigenvalue weighted by Gasteiger charge is 2.14. The normalized spacial score (nSPS) is 10.9. The van der Waals surface area contributed by atoms with E-state index in [-0.39, 0.29) is 0 Å². The molecular formula is C30H29N3O4. The molecule has 0 atom stereocenters. The van der Waals surface area contributed by atoms with Gasteiger partial charge in [0.1, 0.15) is 6.61 Å². The summed E-state index contributed by atoms with van der Waals surface area (Å²) in [7, 11) is 0. The van der Waals surface area contributed by atoms with Gasteiger partial charge >= 0.3 is 11.8 Å². The van der Waals surface area contributed by atoms with Gasteiger partial charge < -0.3 is 14.8 Å². The summed E-state index contributed by atoms with van der Waals surface area (Å²) < 4.78 is 11.9. The number of nitrogens with one attached hydrogen (secondary N) is 2. The van der Waals surface area contributed by atoms with Crippen molar-refractivity contribution in [2.24, 2.45) is 5.10 Å². The summed E-state index contributed by atoms with van der Waals surface area (Å²) >= 11 is 0. The van der Waals surface area contributed by atoms with Gasteiger partial charge in [0.2, 0.25) is 0 Å². The molecule has 4 rings (SSSR count). The second-order valence-electron chi connectivity index (χ2n) is 8.54. The van der Waals surface area contributed by atoms with Crippen molar-refractivity contribution in [1.29, 1.82) is 0 Å². The van der Waals surface area contributed by atoms with Gasteiger partial charge in [0.25, 0.3) is 0 Å². The fourth-order valence-electron chi connectivity index (χ4n) is 3.92. The van der Waals surface area contributed by atoms with Crippen LogP contribution in [0.4, 0.5) is 5.69 Å². The number of hydrogen-bond acceptors (Lipinski definition) is 5. The molecular weight excluding hydrogens is 466 g/mol. The zero-order valence-corrected chi connectivity index (χ0v) is 21.1. The average molecular weight is 496 g/mol. The maximum atomic E-state index is 12.2. The molecule has 0 fully saturated rings. The van der Waals surface area contributed by atoms with E-state index in [4.69, 9.17) is 9.47 Å². The summed E-state index contributed by atoms with van der Waals surface area (Å²) in [4.78, 5) is 24.4. The quantitative estimate of drug-likeness (QED) is 0.191. The third-order valence-corrected chi connectivity index (χ3v) is 5.75. The van der Waals surface area contributed by atoms with E-state index < -0.39 is 11.8 Å². The number of amides is 2. The van der Waals surface area contributed by atoms with Gasteiger partial charge in [0.15, 0.2) is 11.5 Å². The van der Waals surface area contributed by atoms with Crippen LogP contribution in [0.2, 0.25) is 0 Å². The summed E-state index contributed by atoms with van der Waals surface area (Å²) in [5.41, 5.74) is 6.53. The van der Waals surface area contributed by atoms with Crippen molar-refractivity contribution in [3.05, 3.63) is 101 Å². The van der Waals surface area contributed by atoms with Gasteiger partial charge in [-0.2, -0.15) is 5.10 Å². The van der Waals surface area contributed by atoms with Crippen LogP contribution in [-0.2, 0) is 16.2 Å². The molecule has 7 heteroatoms. The van der Waals surface area contributed by atoms with Gasteiger partial charge in [0.05, 0.1) is 12.8 Å². The first-order chi connectivity index (χ1) is 17.9.